The van der Waals surface area contributed by atoms with E-state index in [4.69, 9.17) is 4.74 Å². The fraction of sp³-hybridized carbons (Fsp3) is 0.933. The molecule has 2 N–H and O–H groups in total. The van der Waals surface area contributed by atoms with Crippen LogP contribution in [0.4, 0.5) is 0 Å². The minimum absolute atomic E-state index is 0.0662. The largest absolute Gasteiger partial charge is 0.372 e. The van der Waals surface area contributed by atoms with E-state index in [0.717, 1.165) is 38.3 Å². The molecule has 0 aromatic heterocycles. The van der Waals surface area contributed by atoms with Crippen LogP contribution in [0.2, 0.25) is 0 Å². The lowest BCUT2D eigenvalue weighted by atomic mass is 10.1. The van der Waals surface area contributed by atoms with Crippen LogP contribution in [0.25, 0.3) is 0 Å². The fourth-order valence-electron chi connectivity index (χ4n) is 3.07. The Hall–Kier alpha value is -0.610. The molecule has 0 bridgehead atoms. The van der Waals surface area contributed by atoms with Crippen molar-refractivity contribution in [2.75, 3.05) is 26.3 Å². The number of ether oxygens (including phenoxy) is 1. The van der Waals surface area contributed by atoms with Gasteiger partial charge < -0.3 is 15.4 Å². The quantitative estimate of drug-likeness (QED) is 0.571. The van der Waals surface area contributed by atoms with Gasteiger partial charge in [-0.25, -0.2) is 0 Å². The maximum atomic E-state index is 11.8. The van der Waals surface area contributed by atoms with Crippen LogP contribution >= 0.6 is 0 Å². The zero-order chi connectivity index (χ0) is 13.3. The van der Waals surface area contributed by atoms with E-state index in [2.05, 4.69) is 10.6 Å². The summed E-state index contributed by atoms with van der Waals surface area (Å²) in [5.41, 5.74) is 0. The van der Waals surface area contributed by atoms with Crippen molar-refractivity contribution < 1.29 is 9.53 Å². The van der Waals surface area contributed by atoms with Crippen LogP contribution in [0.1, 0.15) is 51.4 Å². The normalized spacial score (nSPS) is 25.2. The van der Waals surface area contributed by atoms with Crippen molar-refractivity contribution in [1.29, 1.82) is 0 Å². The van der Waals surface area contributed by atoms with Gasteiger partial charge in [0.2, 0.25) is 5.91 Å². The molecule has 0 aromatic carbocycles. The highest BCUT2D eigenvalue weighted by Gasteiger charge is 2.16. The molecule has 1 atom stereocenters. The average Bonchev–Trinajstić information content (AvgIpc) is 2.79. The summed E-state index contributed by atoms with van der Waals surface area (Å²) in [4.78, 5) is 11.8. The summed E-state index contributed by atoms with van der Waals surface area (Å²) >= 11 is 0. The maximum absolute atomic E-state index is 11.8. The van der Waals surface area contributed by atoms with Gasteiger partial charge in [-0.15, -0.1) is 0 Å². The van der Waals surface area contributed by atoms with Crippen LogP contribution in [0.5, 0.6) is 0 Å². The molecule has 4 heteroatoms. The van der Waals surface area contributed by atoms with Gasteiger partial charge in [0.25, 0.3) is 0 Å². The van der Waals surface area contributed by atoms with Crippen molar-refractivity contribution in [3.05, 3.63) is 0 Å². The fourth-order valence-corrected chi connectivity index (χ4v) is 3.07. The first kappa shape index (κ1) is 14.8. The summed E-state index contributed by atoms with van der Waals surface area (Å²) in [6.45, 7) is 3.19. The number of nitrogens with one attached hydrogen (secondary N) is 2. The lowest BCUT2D eigenvalue weighted by Crippen LogP contribution is -2.37. The highest BCUT2D eigenvalue weighted by Crippen LogP contribution is 2.17. The second-order valence-electron chi connectivity index (χ2n) is 5.96. The molecule has 1 heterocycles. The summed E-state index contributed by atoms with van der Waals surface area (Å²) in [5, 5.41) is 6.46. The molecule has 2 aliphatic rings. The topological polar surface area (TPSA) is 50.4 Å². The van der Waals surface area contributed by atoms with Crippen LogP contribution in [0.3, 0.4) is 0 Å². The van der Waals surface area contributed by atoms with Crippen LogP contribution in [0.15, 0.2) is 0 Å². The Kier molecular flexibility index (Phi) is 6.65. The molecule has 19 heavy (non-hydrogen) atoms. The summed E-state index contributed by atoms with van der Waals surface area (Å²) in [6.07, 6.45) is 9.73. The van der Waals surface area contributed by atoms with Gasteiger partial charge in [0.1, 0.15) is 6.61 Å². The molecule has 1 saturated carbocycles. The summed E-state index contributed by atoms with van der Waals surface area (Å²) in [5.74, 6) is 0.807. The molecule has 4 nitrogen and oxygen atoms in total. The summed E-state index contributed by atoms with van der Waals surface area (Å²) < 4.78 is 5.49. The van der Waals surface area contributed by atoms with Crippen LogP contribution in [-0.2, 0) is 9.53 Å². The van der Waals surface area contributed by atoms with Crippen molar-refractivity contribution in [3.8, 4) is 0 Å². The third kappa shape index (κ3) is 5.91. The van der Waals surface area contributed by atoms with Gasteiger partial charge in [-0.2, -0.15) is 0 Å². The molecule has 0 spiro atoms. The van der Waals surface area contributed by atoms with Gasteiger partial charge in [-0.3, -0.25) is 4.79 Å². The van der Waals surface area contributed by atoms with E-state index >= 15 is 0 Å². The maximum Gasteiger partial charge on any atom is 0.246 e. The lowest BCUT2D eigenvalue weighted by molar-refractivity contribution is -0.126. The third-order valence-corrected chi connectivity index (χ3v) is 4.29. The molecule has 2 fully saturated rings. The summed E-state index contributed by atoms with van der Waals surface area (Å²) in [6, 6.07) is 0.387. The molecular formula is C15H28N2O2. The van der Waals surface area contributed by atoms with E-state index in [9.17, 15) is 4.79 Å². The Bertz CT molecular complexity index is 257. The minimum Gasteiger partial charge on any atom is -0.372 e. The number of hydrogen-bond acceptors (Lipinski definition) is 3. The standard InChI is InChI=1S/C15H28N2O2/c18-15(17-14-5-3-1-2-4-6-14)12-19-10-8-13-7-9-16-11-13/h13-14,16H,1-12H2,(H,17,18). The molecule has 1 saturated heterocycles. The molecule has 1 amide bonds. The first-order valence-corrected chi connectivity index (χ1v) is 7.92. The van der Waals surface area contributed by atoms with Crippen LogP contribution < -0.4 is 10.6 Å². The van der Waals surface area contributed by atoms with E-state index in [0.29, 0.717) is 12.6 Å². The average molecular weight is 268 g/mol. The molecule has 1 aliphatic heterocycles. The van der Waals surface area contributed by atoms with Crippen molar-refractivity contribution in [1.82, 2.24) is 10.6 Å². The number of rotatable bonds is 6. The van der Waals surface area contributed by atoms with E-state index < -0.39 is 0 Å². The number of carbonyl (C=O) groups is 1. The Balaban J connectivity index is 1.51. The van der Waals surface area contributed by atoms with Gasteiger partial charge >= 0.3 is 0 Å². The van der Waals surface area contributed by atoms with Crippen molar-refractivity contribution >= 4 is 5.91 Å². The monoisotopic (exact) mass is 268 g/mol. The molecule has 1 unspecified atom stereocenters. The van der Waals surface area contributed by atoms with E-state index in [-0.39, 0.29) is 12.5 Å². The smallest absolute Gasteiger partial charge is 0.246 e. The first-order valence-electron chi connectivity index (χ1n) is 7.92. The molecule has 110 valence electrons. The van der Waals surface area contributed by atoms with Crippen molar-refractivity contribution in [3.63, 3.8) is 0 Å². The molecular weight excluding hydrogens is 240 g/mol. The van der Waals surface area contributed by atoms with Gasteiger partial charge in [0.15, 0.2) is 0 Å². The zero-order valence-corrected chi connectivity index (χ0v) is 12.0. The van der Waals surface area contributed by atoms with Crippen molar-refractivity contribution in [2.45, 2.75) is 57.4 Å². The predicted octanol–water partition coefficient (Wildman–Crippen LogP) is 1.84. The number of carbonyl (C=O) groups excluding carboxylic acids is 1. The van der Waals surface area contributed by atoms with E-state index in [1.54, 1.807) is 0 Å². The Labute approximate surface area is 116 Å². The van der Waals surface area contributed by atoms with Gasteiger partial charge in [0, 0.05) is 12.6 Å². The second-order valence-corrected chi connectivity index (χ2v) is 5.96. The van der Waals surface area contributed by atoms with E-state index in [1.165, 1.54) is 32.1 Å². The molecule has 0 aromatic rings. The molecule has 1 aliphatic carbocycles. The Morgan fingerprint density at radius 1 is 1.16 bits per heavy atom. The Morgan fingerprint density at radius 2 is 1.95 bits per heavy atom. The highest BCUT2D eigenvalue weighted by molar-refractivity contribution is 5.77. The Morgan fingerprint density at radius 3 is 2.63 bits per heavy atom. The molecule has 2 rings (SSSR count). The highest BCUT2D eigenvalue weighted by atomic mass is 16.5. The summed E-state index contributed by atoms with van der Waals surface area (Å²) in [7, 11) is 0. The second kappa shape index (κ2) is 8.54. The minimum atomic E-state index is 0.0662. The third-order valence-electron chi connectivity index (χ3n) is 4.29. The first-order chi connectivity index (χ1) is 9.34. The SMILES string of the molecule is O=C(COCCC1CCNC1)NC1CCCCCC1. The van der Waals surface area contributed by atoms with Gasteiger partial charge in [-0.05, 0) is 44.7 Å². The number of amides is 1. The zero-order valence-electron chi connectivity index (χ0n) is 12.0. The van der Waals surface area contributed by atoms with Crippen molar-refractivity contribution in [2.24, 2.45) is 5.92 Å². The van der Waals surface area contributed by atoms with Crippen LogP contribution in [0, 0.1) is 5.92 Å². The lowest BCUT2D eigenvalue weighted by Gasteiger charge is -2.16. The number of hydrogen-bond donors (Lipinski definition) is 2. The van der Waals surface area contributed by atoms with Crippen LogP contribution in [-0.4, -0.2) is 38.3 Å². The predicted molar refractivity (Wildman–Crippen MR) is 76.0 cm³/mol. The van der Waals surface area contributed by atoms with E-state index in [1.807, 2.05) is 0 Å². The van der Waals surface area contributed by atoms with Gasteiger partial charge in [-0.1, -0.05) is 25.7 Å². The van der Waals surface area contributed by atoms with Gasteiger partial charge in [0.05, 0.1) is 0 Å². The molecule has 0 radical (unpaired) electrons.